The summed E-state index contributed by atoms with van der Waals surface area (Å²) >= 11 is 1.44. The number of hydrogen-bond acceptors (Lipinski definition) is 5. The second-order valence-electron chi connectivity index (χ2n) is 8.88. The molecule has 206 valence electrons. The van der Waals surface area contributed by atoms with E-state index >= 15 is 0 Å². The van der Waals surface area contributed by atoms with Gasteiger partial charge in [0.05, 0.1) is 25.6 Å². The Hall–Kier alpha value is -4.06. The Morgan fingerprint density at radius 1 is 1.05 bits per heavy atom. The molecule has 1 aliphatic heterocycles. The molecule has 2 aromatic carbocycles. The van der Waals surface area contributed by atoms with Crippen molar-refractivity contribution in [3.05, 3.63) is 82.0 Å². The minimum absolute atomic E-state index is 0.0768. The summed E-state index contributed by atoms with van der Waals surface area (Å²) in [5.41, 5.74) is 0.154. The number of alkyl halides is 3. The van der Waals surface area contributed by atoms with Crippen molar-refractivity contribution in [3.8, 4) is 5.75 Å². The van der Waals surface area contributed by atoms with Gasteiger partial charge in [-0.15, -0.1) is 11.3 Å². The summed E-state index contributed by atoms with van der Waals surface area (Å²) < 4.78 is 43.8. The van der Waals surface area contributed by atoms with Gasteiger partial charge in [-0.3, -0.25) is 9.59 Å². The third kappa shape index (κ3) is 7.29. The number of hydrogen-bond donors (Lipinski definition) is 2. The molecule has 39 heavy (non-hydrogen) atoms. The number of methoxy groups -OCH3 is 1. The number of ether oxygens (including phenoxy) is 1. The third-order valence-corrected chi connectivity index (χ3v) is 7.14. The smallest absolute Gasteiger partial charge is 0.416 e. The van der Waals surface area contributed by atoms with E-state index in [0.29, 0.717) is 5.75 Å². The van der Waals surface area contributed by atoms with E-state index in [0.717, 1.165) is 22.6 Å². The number of halogens is 3. The van der Waals surface area contributed by atoms with Crippen LogP contribution in [0.15, 0.2) is 66.0 Å². The van der Waals surface area contributed by atoms with Crippen LogP contribution in [-0.2, 0) is 28.7 Å². The normalized spacial score (nSPS) is 15.5. The van der Waals surface area contributed by atoms with Crippen LogP contribution in [0.1, 0.15) is 16.0 Å². The number of rotatable bonds is 7. The predicted octanol–water partition coefficient (Wildman–Crippen LogP) is 4.38. The Kier molecular flexibility index (Phi) is 8.75. The van der Waals surface area contributed by atoms with E-state index in [4.69, 9.17) is 4.74 Å². The van der Waals surface area contributed by atoms with Crippen molar-refractivity contribution in [2.45, 2.75) is 25.2 Å². The van der Waals surface area contributed by atoms with Crippen LogP contribution >= 0.6 is 11.3 Å². The molecule has 3 aromatic rings. The van der Waals surface area contributed by atoms with Crippen LogP contribution in [0.25, 0.3) is 0 Å². The fraction of sp³-hybridized carbons (Fsp3) is 0.296. The molecule has 1 aliphatic rings. The molecule has 1 atom stereocenters. The highest BCUT2D eigenvalue weighted by Gasteiger charge is 2.37. The number of anilines is 1. The van der Waals surface area contributed by atoms with E-state index in [-0.39, 0.29) is 44.2 Å². The Morgan fingerprint density at radius 2 is 1.82 bits per heavy atom. The molecule has 0 spiro atoms. The zero-order chi connectivity index (χ0) is 28.0. The maximum absolute atomic E-state index is 13.3. The Morgan fingerprint density at radius 3 is 2.49 bits per heavy atom. The van der Waals surface area contributed by atoms with E-state index in [1.54, 1.807) is 25.3 Å². The number of nitrogens with zero attached hydrogens (tertiary/aromatic N) is 2. The van der Waals surface area contributed by atoms with Crippen molar-refractivity contribution in [1.29, 1.82) is 0 Å². The lowest BCUT2D eigenvalue weighted by molar-refractivity contribution is -0.142. The van der Waals surface area contributed by atoms with Gasteiger partial charge in [0.15, 0.2) is 0 Å². The molecule has 0 aliphatic carbocycles. The summed E-state index contributed by atoms with van der Waals surface area (Å²) in [4.78, 5) is 43.1. The van der Waals surface area contributed by atoms with E-state index in [2.05, 4.69) is 10.6 Å². The fourth-order valence-electron chi connectivity index (χ4n) is 4.19. The summed E-state index contributed by atoms with van der Waals surface area (Å²) in [6.07, 6.45) is -4.35. The number of carbonyl (C=O) groups excluding carboxylic acids is 3. The number of thiophene rings is 1. The SMILES string of the molecule is COc1cccc(CNC(=O)C2CN(C(=O)Nc3ccc(C(F)(F)F)cc3)CCN2C(=O)Cc2cccs2)c1. The first-order chi connectivity index (χ1) is 18.6. The van der Waals surface area contributed by atoms with Crippen LogP contribution in [0.5, 0.6) is 5.75 Å². The van der Waals surface area contributed by atoms with Gasteiger partial charge in [-0.05, 0) is 53.4 Å². The third-order valence-electron chi connectivity index (χ3n) is 6.26. The van der Waals surface area contributed by atoms with E-state index < -0.39 is 29.7 Å². The van der Waals surface area contributed by atoms with Crippen molar-refractivity contribution in [3.63, 3.8) is 0 Å². The summed E-state index contributed by atoms with van der Waals surface area (Å²) in [5, 5.41) is 7.28. The van der Waals surface area contributed by atoms with E-state index in [9.17, 15) is 27.6 Å². The van der Waals surface area contributed by atoms with E-state index in [1.807, 2.05) is 23.6 Å². The fourth-order valence-corrected chi connectivity index (χ4v) is 4.88. The molecule has 2 heterocycles. The Bertz CT molecular complexity index is 1300. The molecule has 12 heteroatoms. The average Bonchev–Trinajstić information content (AvgIpc) is 3.44. The lowest BCUT2D eigenvalue weighted by Crippen LogP contribution is -2.62. The number of nitrogens with one attached hydrogen (secondary N) is 2. The summed E-state index contributed by atoms with van der Waals surface area (Å²) in [6.45, 7) is 0.397. The summed E-state index contributed by atoms with van der Waals surface area (Å²) in [5.74, 6) is -0.0237. The van der Waals surface area contributed by atoms with Crippen molar-refractivity contribution in [2.24, 2.45) is 0 Å². The van der Waals surface area contributed by atoms with Gasteiger partial charge in [-0.25, -0.2) is 4.79 Å². The molecule has 1 unspecified atom stereocenters. The molecule has 0 bridgehead atoms. The van der Waals surface area contributed by atoms with Gasteiger partial charge < -0.3 is 25.2 Å². The van der Waals surface area contributed by atoms with Gasteiger partial charge in [0.25, 0.3) is 0 Å². The molecule has 8 nitrogen and oxygen atoms in total. The van der Waals surface area contributed by atoms with Gasteiger partial charge in [-0.1, -0.05) is 18.2 Å². The lowest BCUT2D eigenvalue weighted by Gasteiger charge is -2.40. The van der Waals surface area contributed by atoms with Crippen LogP contribution in [0.4, 0.5) is 23.7 Å². The van der Waals surface area contributed by atoms with Crippen LogP contribution in [0.3, 0.4) is 0 Å². The molecule has 0 radical (unpaired) electrons. The molecule has 4 rings (SSSR count). The lowest BCUT2D eigenvalue weighted by atomic mass is 10.1. The quantitative estimate of drug-likeness (QED) is 0.449. The first kappa shape index (κ1) is 28.0. The summed E-state index contributed by atoms with van der Waals surface area (Å²) in [7, 11) is 1.54. The highest BCUT2D eigenvalue weighted by atomic mass is 32.1. The number of piperazine rings is 1. The van der Waals surface area contributed by atoms with Crippen LogP contribution in [0.2, 0.25) is 0 Å². The number of carbonyl (C=O) groups is 3. The molecule has 1 aromatic heterocycles. The van der Waals surface area contributed by atoms with Crippen molar-refractivity contribution in [1.82, 2.24) is 15.1 Å². The van der Waals surface area contributed by atoms with Gasteiger partial charge in [0.2, 0.25) is 11.8 Å². The molecular weight excluding hydrogens is 533 g/mol. The molecule has 1 fully saturated rings. The maximum Gasteiger partial charge on any atom is 0.416 e. The van der Waals surface area contributed by atoms with Gasteiger partial charge in [0.1, 0.15) is 11.8 Å². The Labute approximate surface area is 227 Å². The van der Waals surface area contributed by atoms with Crippen molar-refractivity contribution < 1.29 is 32.3 Å². The first-order valence-electron chi connectivity index (χ1n) is 12.1. The largest absolute Gasteiger partial charge is 0.497 e. The van der Waals surface area contributed by atoms with Crippen LogP contribution in [-0.4, -0.2) is 60.4 Å². The Balaban J connectivity index is 1.45. The van der Waals surface area contributed by atoms with Crippen molar-refractivity contribution in [2.75, 3.05) is 32.1 Å². The van der Waals surface area contributed by atoms with Gasteiger partial charge in [0, 0.05) is 30.2 Å². The predicted molar refractivity (Wildman–Crippen MR) is 140 cm³/mol. The number of urea groups is 1. The van der Waals surface area contributed by atoms with E-state index in [1.165, 1.54) is 33.3 Å². The maximum atomic E-state index is 13.3. The minimum Gasteiger partial charge on any atom is -0.497 e. The number of benzene rings is 2. The topological polar surface area (TPSA) is 91.0 Å². The van der Waals surface area contributed by atoms with Gasteiger partial charge >= 0.3 is 12.2 Å². The van der Waals surface area contributed by atoms with Gasteiger partial charge in [-0.2, -0.15) is 13.2 Å². The second kappa shape index (κ2) is 12.2. The standard InChI is InChI=1S/C27H27F3N4O4S/c1-38-21-5-2-4-18(14-21)16-31-25(36)23-17-33(11-12-34(23)24(35)15-22-6-3-13-39-22)26(37)32-20-9-7-19(8-10-20)27(28,29)30/h2-10,13-14,23H,11-12,15-17H2,1H3,(H,31,36)(H,32,37). The molecule has 0 saturated carbocycles. The monoisotopic (exact) mass is 560 g/mol. The second-order valence-corrected chi connectivity index (χ2v) is 9.91. The van der Waals surface area contributed by atoms with Crippen molar-refractivity contribution >= 4 is 34.9 Å². The number of amides is 4. The summed E-state index contributed by atoms with van der Waals surface area (Å²) in [6, 6.07) is 13.4. The highest BCUT2D eigenvalue weighted by molar-refractivity contribution is 7.10. The average molecular weight is 561 g/mol. The minimum atomic E-state index is -4.49. The molecule has 4 amide bonds. The molecular formula is C27H27F3N4O4S. The highest BCUT2D eigenvalue weighted by Crippen LogP contribution is 2.30. The van der Waals surface area contributed by atoms with Crippen LogP contribution < -0.4 is 15.4 Å². The van der Waals surface area contributed by atoms with Crippen LogP contribution in [0, 0.1) is 0 Å². The molecule has 1 saturated heterocycles. The zero-order valence-electron chi connectivity index (χ0n) is 21.0. The zero-order valence-corrected chi connectivity index (χ0v) is 21.8. The first-order valence-corrected chi connectivity index (χ1v) is 13.0. The molecule has 2 N–H and O–H groups in total.